The van der Waals surface area contributed by atoms with Gasteiger partial charge in [0.15, 0.2) is 0 Å². The number of allylic oxidation sites excluding steroid dienone is 2. The van der Waals surface area contributed by atoms with Crippen LogP contribution in [0.2, 0.25) is 0 Å². The number of benzene rings is 1. The largest absolute Gasteiger partial charge is 0.301 e. The Labute approximate surface area is 117 Å². The molecule has 3 rings (SSSR count). The summed E-state index contributed by atoms with van der Waals surface area (Å²) in [6.45, 7) is 11.8. The quantitative estimate of drug-likeness (QED) is 0.725. The van der Waals surface area contributed by atoms with Crippen molar-refractivity contribution in [1.82, 2.24) is 4.90 Å². The van der Waals surface area contributed by atoms with Crippen LogP contribution >= 0.6 is 0 Å². The molecular weight excluding hydrogens is 230 g/mol. The van der Waals surface area contributed by atoms with Crippen molar-refractivity contribution >= 4 is 5.57 Å². The number of hydrogen-bond acceptors (Lipinski definition) is 1. The maximum absolute atomic E-state index is 2.62. The Hall–Kier alpha value is -1.08. The average Bonchev–Trinajstić information content (AvgIpc) is 2.63. The molecule has 1 spiro atoms. The Morgan fingerprint density at radius 2 is 1.68 bits per heavy atom. The first kappa shape index (κ1) is 12.9. The summed E-state index contributed by atoms with van der Waals surface area (Å²) in [5.74, 6) is 0. The summed E-state index contributed by atoms with van der Waals surface area (Å²) in [5, 5.41) is 0. The molecule has 0 saturated carbocycles. The summed E-state index contributed by atoms with van der Waals surface area (Å²) in [6, 6.07) is 9.73. The molecule has 1 heterocycles. The van der Waals surface area contributed by atoms with Crippen LogP contribution in [0.4, 0.5) is 0 Å². The fraction of sp³-hybridized carbons (Fsp3) is 0.556. The van der Waals surface area contributed by atoms with E-state index in [1.807, 2.05) is 0 Å². The molecule has 0 N–H and O–H groups in total. The first-order chi connectivity index (χ1) is 9.06. The van der Waals surface area contributed by atoms with E-state index in [1.165, 1.54) is 37.1 Å². The zero-order valence-electron chi connectivity index (χ0n) is 12.7. The summed E-state index contributed by atoms with van der Waals surface area (Å²) in [7, 11) is 0. The molecule has 0 bridgehead atoms. The normalized spacial score (nSPS) is 22.4. The summed E-state index contributed by atoms with van der Waals surface area (Å²) in [5.41, 5.74) is 6.57. The Morgan fingerprint density at radius 1 is 1.05 bits per heavy atom. The summed E-state index contributed by atoms with van der Waals surface area (Å²) in [6.07, 6.45) is 2.57. The summed E-state index contributed by atoms with van der Waals surface area (Å²) < 4.78 is 0. The molecule has 1 nitrogen and oxygen atoms in total. The van der Waals surface area contributed by atoms with Crippen LogP contribution in [0.25, 0.3) is 5.57 Å². The van der Waals surface area contributed by atoms with Crippen LogP contribution in [-0.4, -0.2) is 24.0 Å². The second-order valence-electron chi connectivity index (χ2n) is 6.51. The van der Waals surface area contributed by atoms with Gasteiger partial charge in [-0.2, -0.15) is 0 Å². The molecular formula is C18H25N. The van der Waals surface area contributed by atoms with E-state index in [2.05, 4.69) is 56.9 Å². The smallest absolute Gasteiger partial charge is 0.0195 e. The van der Waals surface area contributed by atoms with Crippen molar-refractivity contribution in [3.8, 4) is 0 Å². The standard InChI is InChI=1S/C18H25N/c1-13(2)19-11-9-18(10-12-19)15(4)14(3)16-7-5-6-8-17(16)18/h5-8,13H,9-12H2,1-4H3. The highest BCUT2D eigenvalue weighted by Crippen LogP contribution is 2.51. The minimum atomic E-state index is 0.339. The fourth-order valence-electron chi connectivity index (χ4n) is 4.06. The third-order valence-corrected chi connectivity index (χ3v) is 5.51. The highest BCUT2D eigenvalue weighted by molar-refractivity contribution is 5.78. The Balaban J connectivity index is 1.98. The van der Waals surface area contributed by atoms with E-state index in [9.17, 15) is 0 Å². The van der Waals surface area contributed by atoms with Crippen LogP contribution in [0.1, 0.15) is 51.7 Å². The number of hydrogen-bond donors (Lipinski definition) is 0. The first-order valence-electron chi connectivity index (χ1n) is 7.58. The Kier molecular flexibility index (Phi) is 3.05. The van der Waals surface area contributed by atoms with Crippen molar-refractivity contribution < 1.29 is 0 Å². The lowest BCUT2D eigenvalue weighted by molar-refractivity contribution is 0.145. The molecule has 0 aromatic heterocycles. The zero-order chi connectivity index (χ0) is 13.6. The van der Waals surface area contributed by atoms with E-state index in [-0.39, 0.29) is 0 Å². The second-order valence-corrected chi connectivity index (χ2v) is 6.51. The number of likely N-dealkylation sites (tertiary alicyclic amines) is 1. The van der Waals surface area contributed by atoms with Gasteiger partial charge >= 0.3 is 0 Å². The number of nitrogens with zero attached hydrogens (tertiary/aromatic N) is 1. The maximum Gasteiger partial charge on any atom is 0.0195 e. The molecule has 1 aromatic rings. The lowest BCUT2D eigenvalue weighted by Crippen LogP contribution is -2.45. The molecule has 1 heteroatoms. The molecule has 0 radical (unpaired) electrons. The van der Waals surface area contributed by atoms with Gasteiger partial charge in [-0.1, -0.05) is 29.8 Å². The maximum atomic E-state index is 2.62. The lowest BCUT2D eigenvalue weighted by Gasteiger charge is -2.43. The molecule has 1 aliphatic carbocycles. The van der Waals surface area contributed by atoms with Gasteiger partial charge in [-0.05, 0) is 70.3 Å². The van der Waals surface area contributed by atoms with Gasteiger partial charge < -0.3 is 4.90 Å². The minimum absolute atomic E-state index is 0.339. The van der Waals surface area contributed by atoms with Gasteiger partial charge in [0.25, 0.3) is 0 Å². The third kappa shape index (κ3) is 1.79. The van der Waals surface area contributed by atoms with Crippen molar-refractivity contribution in [2.75, 3.05) is 13.1 Å². The monoisotopic (exact) mass is 255 g/mol. The van der Waals surface area contributed by atoms with E-state index in [0.717, 1.165) is 0 Å². The highest BCUT2D eigenvalue weighted by atomic mass is 15.2. The highest BCUT2D eigenvalue weighted by Gasteiger charge is 2.43. The summed E-state index contributed by atoms with van der Waals surface area (Å²) in [4.78, 5) is 2.62. The average molecular weight is 255 g/mol. The van der Waals surface area contributed by atoms with Gasteiger partial charge in [0.05, 0.1) is 0 Å². The van der Waals surface area contributed by atoms with E-state index < -0.39 is 0 Å². The third-order valence-electron chi connectivity index (χ3n) is 5.51. The van der Waals surface area contributed by atoms with E-state index in [0.29, 0.717) is 11.5 Å². The Morgan fingerprint density at radius 3 is 2.32 bits per heavy atom. The molecule has 102 valence electrons. The van der Waals surface area contributed by atoms with Crippen molar-refractivity contribution in [2.45, 2.75) is 52.0 Å². The minimum Gasteiger partial charge on any atom is -0.301 e. The molecule has 0 amide bonds. The van der Waals surface area contributed by atoms with Crippen molar-refractivity contribution in [3.63, 3.8) is 0 Å². The summed E-state index contributed by atoms with van der Waals surface area (Å²) >= 11 is 0. The van der Waals surface area contributed by atoms with Gasteiger partial charge in [0, 0.05) is 11.5 Å². The van der Waals surface area contributed by atoms with Crippen LogP contribution in [0.5, 0.6) is 0 Å². The molecule has 2 aliphatic rings. The van der Waals surface area contributed by atoms with Gasteiger partial charge in [0.1, 0.15) is 0 Å². The van der Waals surface area contributed by atoms with Crippen LogP contribution in [0, 0.1) is 0 Å². The van der Waals surface area contributed by atoms with E-state index >= 15 is 0 Å². The van der Waals surface area contributed by atoms with Gasteiger partial charge in [-0.3, -0.25) is 0 Å². The number of fused-ring (bicyclic) bond motifs is 2. The van der Waals surface area contributed by atoms with Crippen molar-refractivity contribution in [3.05, 3.63) is 41.0 Å². The van der Waals surface area contributed by atoms with Crippen molar-refractivity contribution in [2.24, 2.45) is 0 Å². The molecule has 1 aromatic carbocycles. The molecule has 1 fully saturated rings. The van der Waals surface area contributed by atoms with Crippen LogP contribution in [-0.2, 0) is 5.41 Å². The van der Waals surface area contributed by atoms with E-state index in [4.69, 9.17) is 0 Å². The lowest BCUT2D eigenvalue weighted by atomic mass is 9.70. The van der Waals surface area contributed by atoms with Gasteiger partial charge in [0.2, 0.25) is 0 Å². The predicted molar refractivity (Wildman–Crippen MR) is 82.3 cm³/mol. The SMILES string of the molecule is CC1=C(C)C2(CCN(C(C)C)CC2)c2ccccc21. The van der Waals surface area contributed by atoms with Crippen molar-refractivity contribution in [1.29, 1.82) is 0 Å². The fourth-order valence-corrected chi connectivity index (χ4v) is 4.06. The molecule has 0 unspecified atom stereocenters. The van der Waals surface area contributed by atoms with Gasteiger partial charge in [-0.15, -0.1) is 0 Å². The number of piperidine rings is 1. The van der Waals surface area contributed by atoms with Crippen LogP contribution < -0.4 is 0 Å². The van der Waals surface area contributed by atoms with E-state index in [1.54, 1.807) is 11.1 Å². The Bertz CT molecular complexity index is 516. The molecule has 1 saturated heterocycles. The van der Waals surface area contributed by atoms with Crippen LogP contribution in [0.15, 0.2) is 29.8 Å². The first-order valence-corrected chi connectivity index (χ1v) is 7.58. The zero-order valence-corrected chi connectivity index (χ0v) is 12.7. The number of rotatable bonds is 1. The topological polar surface area (TPSA) is 3.24 Å². The molecule has 0 atom stereocenters. The predicted octanol–water partition coefficient (Wildman–Crippen LogP) is 4.24. The van der Waals surface area contributed by atoms with Gasteiger partial charge in [-0.25, -0.2) is 0 Å². The van der Waals surface area contributed by atoms with Crippen LogP contribution in [0.3, 0.4) is 0 Å². The second kappa shape index (κ2) is 4.49. The molecule has 1 aliphatic heterocycles. The molecule has 19 heavy (non-hydrogen) atoms.